The number of carbonyl (C=O) groups excluding carboxylic acids is 1. The Kier molecular flexibility index (Phi) is 6.69. The fourth-order valence-corrected chi connectivity index (χ4v) is 4.49. The summed E-state index contributed by atoms with van der Waals surface area (Å²) in [5.74, 6) is 1.63. The molecule has 8 heteroatoms. The third-order valence-corrected chi connectivity index (χ3v) is 6.31. The number of rotatable bonds is 7. The molecule has 1 fully saturated rings. The lowest BCUT2D eigenvalue weighted by atomic mass is 9.81. The second kappa shape index (κ2) is 9.65. The van der Waals surface area contributed by atoms with Gasteiger partial charge in [0, 0.05) is 49.1 Å². The van der Waals surface area contributed by atoms with Gasteiger partial charge in [-0.15, -0.1) is 5.10 Å². The number of nitrogens with zero attached hydrogens (tertiary/aromatic N) is 4. The summed E-state index contributed by atoms with van der Waals surface area (Å²) in [5.41, 5.74) is 4.53. The minimum absolute atomic E-state index is 0.105. The van der Waals surface area contributed by atoms with Crippen LogP contribution in [0.2, 0.25) is 0 Å². The number of ether oxygens (including phenoxy) is 1. The van der Waals surface area contributed by atoms with Crippen molar-refractivity contribution >= 4 is 17.4 Å². The molecule has 0 aliphatic heterocycles. The van der Waals surface area contributed by atoms with Crippen molar-refractivity contribution in [3.63, 3.8) is 0 Å². The van der Waals surface area contributed by atoms with E-state index in [9.17, 15) is 4.79 Å². The van der Waals surface area contributed by atoms with E-state index in [1.165, 1.54) is 18.5 Å². The van der Waals surface area contributed by atoms with Crippen molar-refractivity contribution in [2.75, 3.05) is 26.1 Å². The van der Waals surface area contributed by atoms with Crippen LogP contribution in [0.15, 0.2) is 30.6 Å². The summed E-state index contributed by atoms with van der Waals surface area (Å²) < 4.78 is 7.27. The first-order valence-electron chi connectivity index (χ1n) is 11.3. The molecule has 2 N–H and O–H groups in total. The van der Waals surface area contributed by atoms with E-state index in [1.54, 1.807) is 26.4 Å². The van der Waals surface area contributed by atoms with Gasteiger partial charge in [0.15, 0.2) is 0 Å². The van der Waals surface area contributed by atoms with E-state index >= 15 is 0 Å². The standard InChI is InChI=1S/C24H32N6O2/c1-15-5-7-17(8-6-15)21-11-19(18-9-10-20(26-12-18)23(31)25-3)22-13-27-24(29-30(21)22)28-16(2)14-32-4/h9-13,15-17H,5-8,14H2,1-4H3,(H,25,31)(H,28,29)/t15?,16-,17?/m0/s1. The normalized spacial score (nSPS) is 19.6. The van der Waals surface area contributed by atoms with Crippen LogP contribution in [-0.2, 0) is 4.74 Å². The zero-order chi connectivity index (χ0) is 22.7. The van der Waals surface area contributed by atoms with Crippen molar-refractivity contribution in [1.29, 1.82) is 0 Å². The first-order chi connectivity index (χ1) is 15.5. The second-order valence-electron chi connectivity index (χ2n) is 8.83. The molecule has 1 aliphatic carbocycles. The lowest BCUT2D eigenvalue weighted by molar-refractivity contribution is 0.0958. The Bertz CT molecular complexity index is 1070. The van der Waals surface area contributed by atoms with E-state index in [2.05, 4.69) is 33.6 Å². The van der Waals surface area contributed by atoms with E-state index in [0.29, 0.717) is 24.2 Å². The molecule has 0 spiro atoms. The molecule has 4 rings (SSSR count). The number of amides is 1. The van der Waals surface area contributed by atoms with Crippen LogP contribution in [0, 0.1) is 5.92 Å². The molecule has 1 saturated carbocycles. The average Bonchev–Trinajstić information content (AvgIpc) is 3.18. The predicted molar refractivity (Wildman–Crippen MR) is 125 cm³/mol. The Morgan fingerprint density at radius 2 is 2.00 bits per heavy atom. The average molecular weight is 437 g/mol. The number of fused-ring (bicyclic) bond motifs is 1. The van der Waals surface area contributed by atoms with Crippen molar-refractivity contribution in [2.24, 2.45) is 5.92 Å². The number of methoxy groups -OCH3 is 1. The summed E-state index contributed by atoms with van der Waals surface area (Å²) in [6.07, 6.45) is 8.40. The highest BCUT2D eigenvalue weighted by atomic mass is 16.5. The number of anilines is 1. The Morgan fingerprint density at radius 3 is 2.66 bits per heavy atom. The predicted octanol–water partition coefficient (Wildman–Crippen LogP) is 3.89. The van der Waals surface area contributed by atoms with Crippen LogP contribution in [-0.4, -0.2) is 52.3 Å². The molecule has 170 valence electrons. The van der Waals surface area contributed by atoms with E-state index in [1.807, 2.05) is 23.7 Å². The summed E-state index contributed by atoms with van der Waals surface area (Å²) in [7, 11) is 3.29. The third-order valence-electron chi connectivity index (χ3n) is 6.31. The summed E-state index contributed by atoms with van der Waals surface area (Å²) in [5, 5.41) is 10.8. The van der Waals surface area contributed by atoms with Crippen LogP contribution in [0.25, 0.3) is 16.6 Å². The SMILES string of the molecule is CNC(=O)c1ccc(-c2cc(C3CCC(C)CC3)n3nc(N[C@@H](C)COC)ncc23)cn1. The van der Waals surface area contributed by atoms with E-state index in [0.717, 1.165) is 35.4 Å². The second-order valence-corrected chi connectivity index (χ2v) is 8.83. The molecular weight excluding hydrogens is 404 g/mol. The fraction of sp³-hybridized carbons (Fsp3) is 0.500. The number of nitrogens with one attached hydrogen (secondary N) is 2. The number of pyridine rings is 1. The highest BCUT2D eigenvalue weighted by Gasteiger charge is 2.25. The number of carbonyl (C=O) groups is 1. The minimum Gasteiger partial charge on any atom is -0.383 e. The van der Waals surface area contributed by atoms with Crippen molar-refractivity contribution in [3.8, 4) is 11.1 Å². The maximum absolute atomic E-state index is 11.9. The quantitative estimate of drug-likeness (QED) is 0.584. The molecule has 1 amide bonds. The first kappa shape index (κ1) is 22.2. The highest BCUT2D eigenvalue weighted by molar-refractivity contribution is 5.92. The van der Waals surface area contributed by atoms with Crippen molar-refractivity contribution in [1.82, 2.24) is 24.9 Å². The van der Waals surface area contributed by atoms with Gasteiger partial charge < -0.3 is 15.4 Å². The maximum atomic E-state index is 11.9. The zero-order valence-electron chi connectivity index (χ0n) is 19.3. The van der Waals surface area contributed by atoms with Gasteiger partial charge >= 0.3 is 0 Å². The summed E-state index contributed by atoms with van der Waals surface area (Å²) >= 11 is 0. The van der Waals surface area contributed by atoms with Gasteiger partial charge in [0.25, 0.3) is 5.91 Å². The van der Waals surface area contributed by atoms with Gasteiger partial charge in [-0.2, -0.15) is 0 Å². The first-order valence-corrected chi connectivity index (χ1v) is 11.3. The fourth-order valence-electron chi connectivity index (χ4n) is 4.49. The Balaban J connectivity index is 1.75. The Hall–Kier alpha value is -3.00. The van der Waals surface area contributed by atoms with Crippen LogP contribution in [0.4, 0.5) is 5.95 Å². The summed E-state index contributed by atoms with van der Waals surface area (Å²) in [6, 6.07) is 6.02. The number of hydrogen-bond donors (Lipinski definition) is 2. The van der Waals surface area contributed by atoms with E-state index < -0.39 is 0 Å². The summed E-state index contributed by atoms with van der Waals surface area (Å²) in [4.78, 5) is 20.8. The zero-order valence-corrected chi connectivity index (χ0v) is 19.3. The molecule has 1 aliphatic rings. The molecule has 3 aromatic heterocycles. The molecular formula is C24H32N6O2. The minimum atomic E-state index is -0.195. The van der Waals surface area contributed by atoms with Crippen LogP contribution in [0.1, 0.15) is 61.6 Å². The molecule has 0 unspecified atom stereocenters. The molecule has 0 radical (unpaired) electrons. The van der Waals surface area contributed by atoms with Gasteiger partial charge in [-0.05, 0) is 37.8 Å². The molecule has 3 heterocycles. The van der Waals surface area contributed by atoms with Gasteiger partial charge in [0.1, 0.15) is 5.69 Å². The largest absolute Gasteiger partial charge is 0.383 e. The van der Waals surface area contributed by atoms with Gasteiger partial charge in [0.05, 0.1) is 18.3 Å². The van der Waals surface area contributed by atoms with Crippen LogP contribution in [0.3, 0.4) is 0 Å². The molecule has 32 heavy (non-hydrogen) atoms. The van der Waals surface area contributed by atoms with Crippen LogP contribution in [0.5, 0.6) is 0 Å². The van der Waals surface area contributed by atoms with Crippen LogP contribution < -0.4 is 10.6 Å². The van der Waals surface area contributed by atoms with E-state index in [4.69, 9.17) is 9.84 Å². The molecule has 8 nitrogen and oxygen atoms in total. The molecule has 0 aromatic carbocycles. The smallest absolute Gasteiger partial charge is 0.269 e. The highest BCUT2D eigenvalue weighted by Crippen LogP contribution is 2.39. The molecule has 0 bridgehead atoms. The third kappa shape index (κ3) is 4.60. The van der Waals surface area contributed by atoms with Gasteiger partial charge in [0.2, 0.25) is 5.95 Å². The van der Waals surface area contributed by atoms with Gasteiger partial charge in [-0.3, -0.25) is 9.78 Å². The molecule has 0 saturated heterocycles. The van der Waals surface area contributed by atoms with Gasteiger partial charge in [-0.25, -0.2) is 9.50 Å². The topological polar surface area (TPSA) is 93.4 Å². The molecule has 3 aromatic rings. The van der Waals surface area contributed by atoms with E-state index in [-0.39, 0.29) is 11.9 Å². The van der Waals surface area contributed by atoms with Crippen LogP contribution >= 0.6 is 0 Å². The molecule has 1 atom stereocenters. The van der Waals surface area contributed by atoms with Gasteiger partial charge in [-0.1, -0.05) is 25.8 Å². The summed E-state index contributed by atoms with van der Waals surface area (Å²) in [6.45, 7) is 4.95. The monoisotopic (exact) mass is 436 g/mol. The number of hydrogen-bond acceptors (Lipinski definition) is 6. The maximum Gasteiger partial charge on any atom is 0.269 e. The Morgan fingerprint density at radius 1 is 1.22 bits per heavy atom. The number of aromatic nitrogens is 4. The lowest BCUT2D eigenvalue weighted by Crippen LogP contribution is -2.23. The van der Waals surface area contributed by atoms with Crippen molar-refractivity contribution < 1.29 is 9.53 Å². The lowest BCUT2D eigenvalue weighted by Gasteiger charge is -2.25. The Labute approximate surface area is 188 Å². The van der Waals surface area contributed by atoms with Crippen molar-refractivity contribution in [2.45, 2.75) is 51.5 Å². The van der Waals surface area contributed by atoms with Crippen molar-refractivity contribution in [3.05, 3.63) is 42.0 Å².